The molecule has 0 atom stereocenters. The van der Waals surface area contributed by atoms with Crippen LogP contribution in [0.4, 0.5) is 22.7 Å². The van der Waals surface area contributed by atoms with E-state index in [4.69, 9.17) is 9.72 Å². The van der Waals surface area contributed by atoms with Gasteiger partial charge in [0.15, 0.2) is 0 Å². The van der Waals surface area contributed by atoms with Crippen molar-refractivity contribution in [3.63, 3.8) is 0 Å². The van der Waals surface area contributed by atoms with Crippen molar-refractivity contribution in [3.8, 4) is 17.3 Å². The summed E-state index contributed by atoms with van der Waals surface area (Å²) >= 11 is 0. The maximum Gasteiger partial charge on any atom is 0.135 e. The topological polar surface area (TPSA) is 33.5 Å². The molecule has 2 aromatic heterocycles. The molecule has 6 aromatic carbocycles. The summed E-state index contributed by atoms with van der Waals surface area (Å²) in [6.07, 6.45) is 8.79. The SMILES string of the molecule is Cc1cc(C2(c3ccnc(-n4c5[c-]c(Oc6[c-]c(N7[CH-]N(c8c([Si](C)(C)C)cccc8[Si](C)(C)C)c8ccccc87)cc(C(C)(C)C)c6)ccc5c5cc(C(C)(C)C)ccc54)c3)C3CC4CC(C3)CC2C4)cc(C)c1C.[Pt]. The fraction of sp³-hybridized carbons (Fsp3) is 0.391. The van der Waals surface area contributed by atoms with Gasteiger partial charge in [0, 0.05) is 66.8 Å². The summed E-state index contributed by atoms with van der Waals surface area (Å²) in [5, 5.41) is 5.32. The number of hydrogen-bond acceptors (Lipinski definition) is 4. The van der Waals surface area contributed by atoms with Gasteiger partial charge in [0.1, 0.15) is 5.82 Å². The number of hydrogen-bond donors (Lipinski definition) is 0. The Morgan fingerprint density at radius 3 is 1.81 bits per heavy atom. The molecule has 8 aromatic rings. The third-order valence-electron chi connectivity index (χ3n) is 18.5. The van der Waals surface area contributed by atoms with Gasteiger partial charge in [-0.05, 0) is 167 Å². The third-order valence-corrected chi connectivity index (χ3v) is 22.5. The first-order valence-electron chi connectivity index (χ1n) is 28.4. The van der Waals surface area contributed by atoms with E-state index >= 15 is 0 Å². The molecular formula is C69H79N4OPtSi2-3. The molecule has 0 amide bonds. The molecule has 4 bridgehead atoms. The first-order valence-corrected chi connectivity index (χ1v) is 35.4. The van der Waals surface area contributed by atoms with Crippen LogP contribution in [0, 0.1) is 63.2 Å². The molecular weight excluding hydrogens is 1150 g/mol. The summed E-state index contributed by atoms with van der Waals surface area (Å²) in [5.41, 5.74) is 16.1. The van der Waals surface area contributed by atoms with Gasteiger partial charge in [-0.1, -0.05) is 141 Å². The second-order valence-electron chi connectivity index (χ2n) is 27.7. The van der Waals surface area contributed by atoms with Crippen LogP contribution in [-0.2, 0) is 37.3 Å². The van der Waals surface area contributed by atoms with E-state index < -0.39 is 16.1 Å². The number of anilines is 4. The van der Waals surface area contributed by atoms with Gasteiger partial charge in [-0.2, -0.15) is 6.07 Å². The Morgan fingerprint density at radius 1 is 0.597 bits per heavy atom. The molecule has 13 rings (SSSR count). The van der Waals surface area contributed by atoms with Crippen LogP contribution >= 0.6 is 0 Å². The zero-order chi connectivity index (χ0) is 53.6. The van der Waals surface area contributed by atoms with Crippen LogP contribution in [0.1, 0.15) is 113 Å². The summed E-state index contributed by atoms with van der Waals surface area (Å²) in [5.74, 6) is 5.18. The maximum absolute atomic E-state index is 7.12. The Bertz CT molecular complexity index is 3540. The van der Waals surface area contributed by atoms with E-state index in [-0.39, 0.29) is 37.3 Å². The van der Waals surface area contributed by atoms with Crippen LogP contribution in [0.25, 0.3) is 27.6 Å². The second kappa shape index (κ2) is 19.0. The van der Waals surface area contributed by atoms with Gasteiger partial charge in [-0.25, -0.2) is 4.98 Å². The Labute approximate surface area is 477 Å². The van der Waals surface area contributed by atoms with E-state index in [2.05, 4.69) is 250 Å². The molecule has 0 N–H and O–H groups in total. The molecule has 5 nitrogen and oxygen atoms in total. The van der Waals surface area contributed by atoms with Crippen LogP contribution in [0.3, 0.4) is 0 Å². The molecule has 4 aliphatic carbocycles. The Balaban J connectivity index is 0.00000631. The van der Waals surface area contributed by atoms with Gasteiger partial charge in [0.2, 0.25) is 0 Å². The number of nitrogens with zero attached hydrogens (tertiary/aromatic N) is 4. The first kappa shape index (κ1) is 53.8. The largest absolute Gasteiger partial charge is 0.509 e. The van der Waals surface area contributed by atoms with Gasteiger partial charge in [0.25, 0.3) is 0 Å². The number of rotatable bonds is 9. The monoisotopic (exact) mass is 1230 g/mol. The van der Waals surface area contributed by atoms with E-state index in [1.165, 1.54) is 98.2 Å². The molecule has 0 spiro atoms. The van der Waals surface area contributed by atoms with Crippen molar-refractivity contribution in [1.29, 1.82) is 0 Å². The van der Waals surface area contributed by atoms with Crippen molar-refractivity contribution < 1.29 is 25.8 Å². The van der Waals surface area contributed by atoms with Crippen LogP contribution in [0.15, 0.2) is 115 Å². The first-order chi connectivity index (χ1) is 35.9. The molecule has 77 heavy (non-hydrogen) atoms. The van der Waals surface area contributed by atoms with Crippen molar-refractivity contribution in [2.24, 2.45) is 23.7 Å². The van der Waals surface area contributed by atoms with Crippen molar-refractivity contribution in [1.82, 2.24) is 9.55 Å². The maximum atomic E-state index is 7.12. The van der Waals surface area contributed by atoms with E-state index in [9.17, 15) is 0 Å². The van der Waals surface area contributed by atoms with Crippen LogP contribution < -0.4 is 24.9 Å². The Morgan fingerprint density at radius 2 is 1.21 bits per heavy atom. The van der Waals surface area contributed by atoms with Gasteiger partial charge in [-0.15, -0.1) is 53.6 Å². The van der Waals surface area contributed by atoms with Gasteiger partial charge < -0.3 is 19.1 Å². The molecule has 5 aliphatic rings. The molecule has 402 valence electrons. The summed E-state index contributed by atoms with van der Waals surface area (Å²) < 4.78 is 9.49. The van der Waals surface area contributed by atoms with Crippen LogP contribution in [0.2, 0.25) is 39.3 Å². The minimum Gasteiger partial charge on any atom is -0.509 e. The average molecular weight is 1230 g/mol. The van der Waals surface area contributed by atoms with E-state index in [0.717, 1.165) is 45.4 Å². The molecule has 0 radical (unpaired) electrons. The Kier molecular flexibility index (Phi) is 13.3. The van der Waals surface area contributed by atoms with Crippen molar-refractivity contribution in [2.75, 3.05) is 9.80 Å². The van der Waals surface area contributed by atoms with Crippen molar-refractivity contribution in [2.45, 2.75) is 150 Å². The number of para-hydroxylation sites is 3. The van der Waals surface area contributed by atoms with Crippen LogP contribution in [-0.4, -0.2) is 25.7 Å². The number of fused-ring (bicyclic) bond motifs is 4. The standard InChI is InChI=1S/C69H79N4OSi2.Pt/c1-43-29-51(30-44(2)45(43)3)69(52-32-46-31-47(34-52)35-53(69)33-46)49-27-28-70-65(39-49)73-59-26-23-48(67(4,5)6)38-58(59)57-25-24-55(41-62(57)73)74-56-37-50(68(7,8)9)36-54(40-56)71-42-72(61-20-17-16-19-60(61)71)66-63(75(10,11)12)21-18-22-64(66)76(13,14)15;/h16-30,36-39,42,46-47,52-53H,31-35H2,1-15H3;/q-3;. The van der Waals surface area contributed by atoms with Gasteiger partial charge >= 0.3 is 0 Å². The minimum absolute atomic E-state index is 0. The van der Waals surface area contributed by atoms with E-state index in [1.807, 2.05) is 0 Å². The number of pyridine rings is 1. The zero-order valence-electron chi connectivity index (χ0n) is 48.4. The molecule has 1 aliphatic heterocycles. The van der Waals surface area contributed by atoms with Crippen molar-refractivity contribution in [3.05, 3.63) is 173 Å². The predicted molar refractivity (Wildman–Crippen MR) is 326 cm³/mol. The van der Waals surface area contributed by atoms with Crippen LogP contribution in [0.5, 0.6) is 11.5 Å². The molecule has 4 saturated carbocycles. The van der Waals surface area contributed by atoms with E-state index in [1.54, 1.807) is 0 Å². The average Bonchev–Trinajstić information content (AvgIpc) is 4.08. The number of aromatic nitrogens is 2. The summed E-state index contributed by atoms with van der Waals surface area (Å²) in [7, 11) is -3.53. The molecule has 3 heterocycles. The predicted octanol–water partition coefficient (Wildman–Crippen LogP) is 17.3. The summed E-state index contributed by atoms with van der Waals surface area (Å²) in [6.45, 7) is 37.8. The molecule has 8 heteroatoms. The summed E-state index contributed by atoms with van der Waals surface area (Å²) in [4.78, 5) is 10.1. The molecule has 4 fully saturated rings. The smallest absolute Gasteiger partial charge is 0.135 e. The number of benzene rings is 6. The number of ether oxygens (including phenoxy) is 1. The zero-order valence-corrected chi connectivity index (χ0v) is 52.7. The second-order valence-corrected chi connectivity index (χ2v) is 37.8. The quantitative estimate of drug-likeness (QED) is 0.107. The van der Waals surface area contributed by atoms with Gasteiger partial charge in [0.05, 0.1) is 16.1 Å². The molecule has 0 saturated heterocycles. The Hall–Kier alpha value is -5.21. The summed E-state index contributed by atoms with van der Waals surface area (Å²) in [6, 6.07) is 49.5. The fourth-order valence-electron chi connectivity index (χ4n) is 14.6. The normalized spacial score (nSPS) is 21.3. The fourth-order valence-corrected chi connectivity index (χ4v) is 17.8. The van der Waals surface area contributed by atoms with Crippen molar-refractivity contribution >= 4 is 71.1 Å². The van der Waals surface area contributed by atoms with E-state index in [0.29, 0.717) is 23.3 Å². The van der Waals surface area contributed by atoms with Gasteiger partial charge in [-0.3, -0.25) is 0 Å². The molecule has 0 unspecified atom stereocenters. The third kappa shape index (κ3) is 9.11. The minimum atomic E-state index is -1.77. The number of aryl methyl sites for hydroxylation is 2.